The minimum absolute atomic E-state index is 0.186. The van der Waals surface area contributed by atoms with Crippen molar-refractivity contribution in [3.63, 3.8) is 0 Å². The Balaban J connectivity index is 1.91. The second-order valence-corrected chi connectivity index (χ2v) is 11.1. The first-order valence-corrected chi connectivity index (χ1v) is 13.9. The van der Waals surface area contributed by atoms with Gasteiger partial charge in [-0.2, -0.15) is 9.30 Å². The Labute approximate surface area is 210 Å². The van der Waals surface area contributed by atoms with Crippen LogP contribution in [-0.2, 0) is 17.1 Å². The van der Waals surface area contributed by atoms with E-state index >= 15 is 0 Å². The van der Waals surface area contributed by atoms with E-state index in [0.29, 0.717) is 35.0 Å². The van der Waals surface area contributed by atoms with Crippen molar-refractivity contribution in [3.05, 3.63) is 46.8 Å². The van der Waals surface area contributed by atoms with E-state index in [-0.39, 0.29) is 4.90 Å². The normalized spacial score (nSPS) is 12.5. The Bertz CT molecular complexity index is 1330. The highest BCUT2D eigenvalue weighted by Crippen LogP contribution is 2.32. The quantitative estimate of drug-likeness (QED) is 0.370. The van der Waals surface area contributed by atoms with Gasteiger partial charge in [-0.05, 0) is 43.2 Å². The molecule has 0 saturated heterocycles. The van der Waals surface area contributed by atoms with E-state index in [2.05, 4.69) is 4.99 Å². The molecule has 1 amide bonds. The fraction of sp³-hybridized carbons (Fsp3) is 0.440. The molecule has 0 N–H and O–H groups in total. The smallest absolute Gasteiger partial charge is 0.279 e. The van der Waals surface area contributed by atoms with Crippen molar-refractivity contribution >= 4 is 37.5 Å². The number of rotatable bonds is 11. The zero-order valence-electron chi connectivity index (χ0n) is 20.9. The third-order valence-electron chi connectivity index (χ3n) is 5.75. The Morgan fingerprint density at radius 1 is 1.03 bits per heavy atom. The molecule has 0 atom stereocenters. The fourth-order valence-corrected chi connectivity index (χ4v) is 6.27. The molecular weight excluding hydrogens is 486 g/mol. The highest BCUT2D eigenvalue weighted by molar-refractivity contribution is 7.89. The van der Waals surface area contributed by atoms with Crippen molar-refractivity contribution in [2.45, 2.75) is 44.4 Å². The Morgan fingerprint density at radius 2 is 1.66 bits per heavy atom. The molecule has 0 aliphatic rings. The average Bonchev–Trinajstić information content (AvgIpc) is 3.18. The number of thiazole rings is 1. The summed E-state index contributed by atoms with van der Waals surface area (Å²) in [6.45, 7) is 5.06. The van der Waals surface area contributed by atoms with Crippen LogP contribution in [0.25, 0.3) is 10.2 Å². The van der Waals surface area contributed by atoms with Crippen molar-refractivity contribution in [1.29, 1.82) is 0 Å². The molecule has 2 aromatic carbocycles. The number of fused-ring (bicyclic) bond motifs is 1. The van der Waals surface area contributed by atoms with Crippen LogP contribution in [0.2, 0.25) is 0 Å². The first kappa shape index (κ1) is 26.9. The van der Waals surface area contributed by atoms with Gasteiger partial charge in [0.25, 0.3) is 5.91 Å². The number of sulfonamides is 1. The lowest BCUT2D eigenvalue weighted by molar-refractivity contribution is 0.0998. The van der Waals surface area contributed by atoms with E-state index in [1.54, 1.807) is 29.2 Å². The van der Waals surface area contributed by atoms with Crippen molar-refractivity contribution in [1.82, 2.24) is 8.87 Å². The Kier molecular flexibility index (Phi) is 9.09. The molecule has 35 heavy (non-hydrogen) atoms. The molecule has 0 saturated carbocycles. The van der Waals surface area contributed by atoms with Crippen LogP contribution >= 0.6 is 11.3 Å². The number of aryl methyl sites for hydroxylation is 1. The van der Waals surface area contributed by atoms with E-state index < -0.39 is 15.9 Å². The summed E-state index contributed by atoms with van der Waals surface area (Å²) in [7, 11) is 1.36. The van der Waals surface area contributed by atoms with Gasteiger partial charge < -0.3 is 14.0 Å². The minimum Gasteiger partial charge on any atom is -0.497 e. The first-order valence-electron chi connectivity index (χ1n) is 11.7. The molecule has 3 rings (SSSR count). The summed E-state index contributed by atoms with van der Waals surface area (Å²) in [5.74, 6) is 0.825. The van der Waals surface area contributed by atoms with Crippen LogP contribution in [0.1, 0.15) is 49.9 Å². The molecule has 8 nitrogen and oxygen atoms in total. The zero-order chi connectivity index (χ0) is 25.6. The molecule has 0 bridgehead atoms. The summed E-state index contributed by atoms with van der Waals surface area (Å²) in [5.41, 5.74) is 1.13. The molecule has 1 heterocycles. The van der Waals surface area contributed by atoms with E-state index in [1.165, 1.54) is 35.6 Å². The summed E-state index contributed by atoms with van der Waals surface area (Å²) in [5, 5.41) is 0. The van der Waals surface area contributed by atoms with Crippen molar-refractivity contribution in [2.75, 3.05) is 27.3 Å². The van der Waals surface area contributed by atoms with Gasteiger partial charge >= 0.3 is 0 Å². The number of hydrogen-bond acceptors (Lipinski definition) is 6. The van der Waals surface area contributed by atoms with Crippen molar-refractivity contribution in [2.24, 2.45) is 12.0 Å². The topological polar surface area (TPSA) is 90.2 Å². The molecular formula is C25H33N3O5S2. The molecule has 0 fully saturated rings. The van der Waals surface area contributed by atoms with Gasteiger partial charge in [-0.1, -0.05) is 38.0 Å². The van der Waals surface area contributed by atoms with Gasteiger partial charge in [0.15, 0.2) is 4.80 Å². The molecule has 0 aliphatic heterocycles. The SMILES string of the molecule is CCCCN(CCCC)S(=O)(=O)c1ccc(C(=O)N=c2sc3cc(OC)cc(OC)c3n2C)cc1. The summed E-state index contributed by atoms with van der Waals surface area (Å²) < 4.78 is 41.4. The lowest BCUT2D eigenvalue weighted by Gasteiger charge is -2.22. The number of benzene rings is 2. The largest absolute Gasteiger partial charge is 0.497 e. The number of carbonyl (C=O) groups is 1. The molecule has 0 radical (unpaired) electrons. The lowest BCUT2D eigenvalue weighted by Crippen LogP contribution is -2.33. The number of ether oxygens (including phenoxy) is 2. The Morgan fingerprint density at radius 3 is 2.20 bits per heavy atom. The van der Waals surface area contributed by atoms with Gasteiger partial charge in [0, 0.05) is 31.8 Å². The summed E-state index contributed by atoms with van der Waals surface area (Å²) in [6.07, 6.45) is 3.45. The second kappa shape index (κ2) is 11.8. The second-order valence-electron chi connectivity index (χ2n) is 8.17. The van der Waals surface area contributed by atoms with Gasteiger partial charge in [0.2, 0.25) is 10.0 Å². The predicted molar refractivity (Wildman–Crippen MR) is 139 cm³/mol. The molecule has 0 spiro atoms. The predicted octanol–water partition coefficient (Wildman–Crippen LogP) is 4.59. The number of unbranched alkanes of at least 4 members (excludes halogenated alkanes) is 2. The minimum atomic E-state index is -3.62. The lowest BCUT2D eigenvalue weighted by atomic mass is 10.2. The monoisotopic (exact) mass is 519 g/mol. The summed E-state index contributed by atoms with van der Waals surface area (Å²) >= 11 is 1.35. The maximum absolute atomic E-state index is 13.2. The van der Waals surface area contributed by atoms with E-state index in [4.69, 9.17) is 9.47 Å². The molecule has 0 aliphatic carbocycles. The number of methoxy groups -OCH3 is 2. The maximum atomic E-state index is 13.2. The summed E-state index contributed by atoms with van der Waals surface area (Å²) in [4.78, 5) is 17.9. The average molecular weight is 520 g/mol. The summed E-state index contributed by atoms with van der Waals surface area (Å²) in [6, 6.07) is 9.67. The molecule has 190 valence electrons. The van der Waals surface area contributed by atoms with Crippen molar-refractivity contribution in [3.8, 4) is 11.5 Å². The number of aromatic nitrogens is 1. The molecule has 1 aromatic heterocycles. The standard InChI is InChI=1S/C25H33N3O5S2/c1-6-8-14-28(15-9-7-2)35(30,31)20-12-10-18(11-13-20)24(29)26-25-27(3)23-21(33-5)16-19(32-4)17-22(23)34-25/h10-13,16-17H,6-9,14-15H2,1-5H3. The molecule has 10 heteroatoms. The molecule has 3 aromatic rings. The van der Waals surface area contributed by atoms with Crippen LogP contribution in [0.5, 0.6) is 11.5 Å². The van der Waals surface area contributed by atoms with E-state index in [9.17, 15) is 13.2 Å². The van der Waals surface area contributed by atoms with E-state index in [0.717, 1.165) is 35.9 Å². The Hall–Kier alpha value is -2.69. The number of hydrogen-bond donors (Lipinski definition) is 0. The highest BCUT2D eigenvalue weighted by Gasteiger charge is 2.24. The highest BCUT2D eigenvalue weighted by atomic mass is 32.2. The van der Waals surface area contributed by atoms with Crippen LogP contribution in [0.15, 0.2) is 46.3 Å². The van der Waals surface area contributed by atoms with Crippen LogP contribution in [0.3, 0.4) is 0 Å². The number of carbonyl (C=O) groups excluding carboxylic acids is 1. The molecule has 0 unspecified atom stereocenters. The van der Waals surface area contributed by atoms with E-state index in [1.807, 2.05) is 27.0 Å². The number of nitrogens with zero attached hydrogens (tertiary/aromatic N) is 3. The van der Waals surface area contributed by atoms with Crippen LogP contribution in [-0.4, -0.2) is 50.5 Å². The van der Waals surface area contributed by atoms with Gasteiger partial charge in [-0.3, -0.25) is 4.79 Å². The van der Waals surface area contributed by atoms with Gasteiger partial charge in [0.05, 0.1) is 23.8 Å². The maximum Gasteiger partial charge on any atom is 0.279 e. The van der Waals surface area contributed by atoms with Gasteiger partial charge in [0.1, 0.15) is 17.0 Å². The van der Waals surface area contributed by atoms with Gasteiger partial charge in [-0.25, -0.2) is 8.42 Å². The third kappa shape index (κ3) is 5.94. The third-order valence-corrected chi connectivity index (χ3v) is 8.74. The van der Waals surface area contributed by atoms with Crippen LogP contribution in [0.4, 0.5) is 0 Å². The number of amides is 1. The fourth-order valence-electron chi connectivity index (χ4n) is 3.69. The van der Waals surface area contributed by atoms with Crippen LogP contribution in [0, 0.1) is 0 Å². The zero-order valence-corrected chi connectivity index (χ0v) is 22.5. The van der Waals surface area contributed by atoms with Gasteiger partial charge in [-0.15, -0.1) is 0 Å². The van der Waals surface area contributed by atoms with Crippen LogP contribution < -0.4 is 14.3 Å². The first-order chi connectivity index (χ1) is 16.8. The van der Waals surface area contributed by atoms with Crippen molar-refractivity contribution < 1.29 is 22.7 Å².